The van der Waals surface area contributed by atoms with Crippen LogP contribution in [0.15, 0.2) is 0 Å². The van der Waals surface area contributed by atoms with E-state index in [1.54, 1.807) is 27.7 Å². The van der Waals surface area contributed by atoms with E-state index in [-0.39, 0.29) is 37.7 Å². The molecule has 0 saturated carbocycles. The number of hydrogen-bond donors (Lipinski definition) is 2. The number of ether oxygens (including phenoxy) is 5. The Balaban J connectivity index is 5.01. The second-order valence-corrected chi connectivity index (χ2v) is 6.51. The fraction of sp³-hybridized carbons (Fsp3) is 0.778. The van der Waals surface area contributed by atoms with E-state index < -0.39 is 43.6 Å². The van der Waals surface area contributed by atoms with Crippen molar-refractivity contribution in [3.63, 3.8) is 0 Å². The minimum Gasteiger partial charge on any atom is -0.383 e. The minimum atomic E-state index is -1.68. The highest BCUT2D eigenvalue weighted by Gasteiger charge is 2.29. The van der Waals surface area contributed by atoms with Gasteiger partial charge in [0.2, 0.25) is 12.6 Å². The topological polar surface area (TPSA) is 155 Å². The molecule has 11 heteroatoms. The van der Waals surface area contributed by atoms with E-state index in [0.717, 1.165) is 0 Å². The van der Waals surface area contributed by atoms with Crippen molar-refractivity contribution in [2.24, 2.45) is 0 Å². The van der Waals surface area contributed by atoms with Crippen LogP contribution in [0.1, 0.15) is 27.7 Å². The zero-order valence-corrected chi connectivity index (χ0v) is 16.9. The highest BCUT2D eigenvalue weighted by molar-refractivity contribution is 5.58. The van der Waals surface area contributed by atoms with Crippen LogP contribution in [-0.4, -0.2) is 97.8 Å². The predicted molar refractivity (Wildman–Crippen MR) is 96.9 cm³/mol. The molecular weight excluding hydrogens is 392 g/mol. The number of rotatable bonds is 18. The number of aldehydes is 4. The lowest BCUT2D eigenvalue weighted by molar-refractivity contribution is -0.231. The highest BCUT2D eigenvalue weighted by atomic mass is 16.7. The zero-order valence-electron chi connectivity index (χ0n) is 16.9. The van der Waals surface area contributed by atoms with Crippen LogP contribution in [0.2, 0.25) is 0 Å². The van der Waals surface area contributed by atoms with Gasteiger partial charge in [-0.3, -0.25) is 9.59 Å². The molecule has 0 amide bonds. The summed E-state index contributed by atoms with van der Waals surface area (Å²) in [5, 5.41) is 19.5. The van der Waals surface area contributed by atoms with E-state index in [9.17, 15) is 29.4 Å². The third kappa shape index (κ3) is 11.9. The molecule has 0 fully saturated rings. The minimum absolute atomic E-state index is 0.164. The molecule has 6 atom stereocenters. The van der Waals surface area contributed by atoms with Crippen LogP contribution in [0.25, 0.3) is 0 Å². The third-order valence-corrected chi connectivity index (χ3v) is 3.31. The standard InChI is InChI=1S/C18H30O11/c1-11(2)25-9-15(13(23)5-19)28-17(7-21)26-10-16(14(24)6-20)29-18(8-22)27-12(3)4/h5-8,11-18,23-24H,9-10H2,1-4H3/t13-,14-,15+,16+,17-,18+/m0/s1. The van der Waals surface area contributed by atoms with Gasteiger partial charge in [-0.05, 0) is 27.7 Å². The van der Waals surface area contributed by atoms with E-state index >= 15 is 0 Å². The molecule has 0 heterocycles. The fourth-order valence-corrected chi connectivity index (χ4v) is 1.91. The number of hydrogen-bond acceptors (Lipinski definition) is 11. The van der Waals surface area contributed by atoms with Crippen molar-refractivity contribution in [3.05, 3.63) is 0 Å². The van der Waals surface area contributed by atoms with Crippen molar-refractivity contribution in [2.45, 2.75) is 76.9 Å². The Kier molecular flexibility index (Phi) is 14.4. The van der Waals surface area contributed by atoms with Crippen LogP contribution in [0.3, 0.4) is 0 Å². The maximum absolute atomic E-state index is 11.3. The van der Waals surface area contributed by atoms with Crippen LogP contribution in [0.5, 0.6) is 0 Å². The van der Waals surface area contributed by atoms with Crippen LogP contribution in [-0.2, 0) is 42.9 Å². The Labute approximate surface area is 169 Å². The van der Waals surface area contributed by atoms with Crippen LogP contribution in [0, 0.1) is 0 Å². The summed E-state index contributed by atoms with van der Waals surface area (Å²) in [6.07, 6.45) is -8.41. The molecule has 0 spiro atoms. The van der Waals surface area contributed by atoms with Gasteiger partial charge in [0.15, 0.2) is 25.1 Å². The number of aliphatic hydroxyl groups is 2. The van der Waals surface area contributed by atoms with Gasteiger partial charge in [-0.15, -0.1) is 0 Å². The van der Waals surface area contributed by atoms with Crippen LogP contribution < -0.4 is 0 Å². The average molecular weight is 422 g/mol. The van der Waals surface area contributed by atoms with Gasteiger partial charge >= 0.3 is 0 Å². The summed E-state index contributed by atoms with van der Waals surface area (Å²) in [6.45, 7) is 6.01. The summed E-state index contributed by atoms with van der Waals surface area (Å²) in [5.74, 6) is 0. The smallest absolute Gasteiger partial charge is 0.215 e. The lowest BCUT2D eigenvalue weighted by atomic mass is 10.2. The zero-order chi connectivity index (χ0) is 22.4. The lowest BCUT2D eigenvalue weighted by Crippen LogP contribution is -2.43. The van der Waals surface area contributed by atoms with E-state index in [2.05, 4.69) is 0 Å². The summed E-state index contributed by atoms with van der Waals surface area (Å²) in [4.78, 5) is 44.0. The first kappa shape index (κ1) is 27.4. The molecule has 0 unspecified atom stereocenters. The van der Waals surface area contributed by atoms with E-state index in [4.69, 9.17) is 23.7 Å². The molecule has 0 aliphatic heterocycles. The van der Waals surface area contributed by atoms with Crippen molar-refractivity contribution < 1.29 is 53.1 Å². The molecule has 0 aliphatic rings. The molecule has 0 aliphatic carbocycles. The number of carbonyl (C=O) groups excluding carboxylic acids is 4. The molecule has 168 valence electrons. The van der Waals surface area contributed by atoms with Gasteiger partial charge in [-0.2, -0.15) is 0 Å². The molecule has 0 saturated heterocycles. The van der Waals surface area contributed by atoms with Crippen molar-refractivity contribution in [3.8, 4) is 0 Å². The first-order valence-electron chi connectivity index (χ1n) is 9.05. The highest BCUT2D eigenvalue weighted by Crippen LogP contribution is 2.10. The first-order chi connectivity index (χ1) is 13.7. The Morgan fingerprint density at radius 3 is 1.45 bits per heavy atom. The normalized spacial score (nSPS) is 17.9. The lowest BCUT2D eigenvalue weighted by Gasteiger charge is -2.27. The van der Waals surface area contributed by atoms with Gasteiger partial charge in [0, 0.05) is 0 Å². The summed E-state index contributed by atoms with van der Waals surface area (Å²) >= 11 is 0. The molecule has 29 heavy (non-hydrogen) atoms. The van der Waals surface area contributed by atoms with Gasteiger partial charge in [0.25, 0.3) is 0 Å². The quantitative estimate of drug-likeness (QED) is 0.202. The molecule has 0 bridgehead atoms. The van der Waals surface area contributed by atoms with Gasteiger partial charge in [0.1, 0.15) is 24.4 Å². The summed E-state index contributed by atoms with van der Waals surface area (Å²) in [6, 6.07) is 0. The molecule has 0 radical (unpaired) electrons. The Morgan fingerprint density at radius 1 is 0.621 bits per heavy atom. The monoisotopic (exact) mass is 422 g/mol. The van der Waals surface area contributed by atoms with E-state index in [1.165, 1.54) is 0 Å². The van der Waals surface area contributed by atoms with E-state index in [0.29, 0.717) is 6.29 Å². The van der Waals surface area contributed by atoms with Gasteiger partial charge < -0.3 is 43.5 Å². The number of aliphatic hydroxyl groups excluding tert-OH is 2. The molecular formula is C18H30O11. The maximum atomic E-state index is 11.3. The molecule has 2 N–H and O–H groups in total. The first-order valence-corrected chi connectivity index (χ1v) is 9.05. The van der Waals surface area contributed by atoms with Crippen molar-refractivity contribution in [2.75, 3.05) is 13.2 Å². The Bertz CT molecular complexity index is 482. The fourth-order valence-electron chi connectivity index (χ4n) is 1.91. The summed E-state index contributed by atoms with van der Waals surface area (Å²) in [7, 11) is 0. The van der Waals surface area contributed by atoms with E-state index in [1.807, 2.05) is 0 Å². The van der Waals surface area contributed by atoms with Gasteiger partial charge in [-0.1, -0.05) is 0 Å². The molecule has 11 nitrogen and oxygen atoms in total. The summed E-state index contributed by atoms with van der Waals surface area (Å²) < 4.78 is 26.1. The Hall–Kier alpha value is -1.60. The van der Waals surface area contributed by atoms with Gasteiger partial charge in [0.05, 0.1) is 25.4 Å². The summed E-state index contributed by atoms with van der Waals surface area (Å²) in [5.41, 5.74) is 0. The largest absolute Gasteiger partial charge is 0.383 e. The molecule has 0 aromatic heterocycles. The predicted octanol–water partition coefficient (Wildman–Crippen LogP) is -1.21. The second kappa shape index (κ2) is 15.3. The van der Waals surface area contributed by atoms with Crippen molar-refractivity contribution in [1.82, 2.24) is 0 Å². The number of carbonyl (C=O) groups is 4. The second-order valence-electron chi connectivity index (χ2n) is 6.51. The molecule has 0 rings (SSSR count). The van der Waals surface area contributed by atoms with Crippen molar-refractivity contribution >= 4 is 25.1 Å². The molecule has 0 aromatic carbocycles. The average Bonchev–Trinajstić information content (AvgIpc) is 2.69. The van der Waals surface area contributed by atoms with Crippen molar-refractivity contribution in [1.29, 1.82) is 0 Å². The maximum Gasteiger partial charge on any atom is 0.215 e. The third-order valence-electron chi connectivity index (χ3n) is 3.31. The Morgan fingerprint density at radius 2 is 1.07 bits per heavy atom. The van der Waals surface area contributed by atoms with Crippen LogP contribution in [0.4, 0.5) is 0 Å². The SMILES string of the molecule is CC(C)OC[C@@H](O[C@@H](C=O)OC[C@@H](O[C@H](C=O)OC(C)C)[C@@H](O)C=O)[C@@H](O)C=O. The van der Waals surface area contributed by atoms with Crippen LogP contribution >= 0.6 is 0 Å². The van der Waals surface area contributed by atoms with Gasteiger partial charge in [-0.25, -0.2) is 0 Å². The molecule has 0 aromatic rings.